The van der Waals surface area contributed by atoms with Gasteiger partial charge in [-0.3, -0.25) is 4.79 Å². The molecule has 6 heteroatoms. The van der Waals surface area contributed by atoms with E-state index in [1.165, 1.54) is 0 Å². The molecule has 2 aromatic heterocycles. The summed E-state index contributed by atoms with van der Waals surface area (Å²) in [4.78, 5) is 17.7. The van der Waals surface area contributed by atoms with Crippen molar-refractivity contribution in [2.75, 3.05) is 0 Å². The van der Waals surface area contributed by atoms with E-state index in [1.54, 1.807) is 0 Å². The monoisotopic (exact) mass is 237 g/mol. The Morgan fingerprint density at radius 2 is 2.44 bits per heavy atom. The normalized spacial score (nSPS) is 10.8. The molecule has 0 saturated carbocycles. The van der Waals surface area contributed by atoms with Crippen LogP contribution in [-0.2, 0) is 11.3 Å². The number of carboxylic acids is 1. The molecule has 2 aromatic rings. The second-order valence-electron chi connectivity index (χ2n) is 3.54. The van der Waals surface area contributed by atoms with E-state index < -0.39 is 5.97 Å². The summed E-state index contributed by atoms with van der Waals surface area (Å²) in [5, 5.41) is 9.49. The van der Waals surface area contributed by atoms with Gasteiger partial charge in [0.25, 0.3) is 0 Å². The Balaban J connectivity index is 2.47. The Kier molecular flexibility index (Phi) is 2.74. The maximum absolute atomic E-state index is 10.5. The highest BCUT2D eigenvalue weighted by Crippen LogP contribution is 2.14. The average Bonchev–Trinajstić information content (AvgIpc) is 2.58. The summed E-state index contributed by atoms with van der Waals surface area (Å²) >= 11 is 5.13. The summed E-state index contributed by atoms with van der Waals surface area (Å²) in [6, 6.07) is 1.85. The molecule has 0 aliphatic heterocycles. The Hall–Kier alpha value is -1.69. The number of nitrogens with zero attached hydrogens (tertiary/aromatic N) is 2. The van der Waals surface area contributed by atoms with Crippen molar-refractivity contribution in [3.63, 3.8) is 0 Å². The highest BCUT2D eigenvalue weighted by atomic mass is 32.1. The minimum Gasteiger partial charge on any atom is -0.481 e. The fourth-order valence-corrected chi connectivity index (χ4v) is 1.90. The number of hydrogen-bond acceptors (Lipinski definition) is 3. The maximum atomic E-state index is 10.5. The Morgan fingerprint density at radius 1 is 1.69 bits per heavy atom. The van der Waals surface area contributed by atoms with Gasteiger partial charge in [-0.15, -0.1) is 0 Å². The van der Waals surface area contributed by atoms with Gasteiger partial charge in [0.15, 0.2) is 0 Å². The van der Waals surface area contributed by atoms with E-state index >= 15 is 0 Å². The van der Waals surface area contributed by atoms with Crippen LogP contribution in [0.15, 0.2) is 12.3 Å². The second-order valence-corrected chi connectivity index (χ2v) is 3.93. The van der Waals surface area contributed by atoms with Crippen LogP contribution in [0, 0.1) is 11.6 Å². The van der Waals surface area contributed by atoms with Crippen LogP contribution in [0.2, 0.25) is 0 Å². The number of carbonyl (C=O) groups is 1. The molecule has 0 saturated heterocycles. The molecule has 0 atom stereocenters. The number of aryl methyl sites for hydroxylation is 2. The first-order valence-corrected chi connectivity index (χ1v) is 5.26. The van der Waals surface area contributed by atoms with Crippen molar-refractivity contribution in [1.82, 2.24) is 14.5 Å². The number of H-pyrrole nitrogens is 1. The molecule has 0 aliphatic carbocycles. The zero-order chi connectivity index (χ0) is 11.7. The van der Waals surface area contributed by atoms with E-state index in [9.17, 15) is 4.79 Å². The van der Waals surface area contributed by atoms with Crippen molar-refractivity contribution in [3.05, 3.63) is 22.7 Å². The van der Waals surface area contributed by atoms with Gasteiger partial charge in [0.1, 0.15) is 16.1 Å². The molecule has 2 rings (SSSR count). The molecule has 0 radical (unpaired) electrons. The molecular formula is C10H11N3O2S. The lowest BCUT2D eigenvalue weighted by Crippen LogP contribution is -2.04. The van der Waals surface area contributed by atoms with Crippen molar-refractivity contribution in [2.45, 2.75) is 19.9 Å². The molecule has 0 aliphatic rings. The summed E-state index contributed by atoms with van der Waals surface area (Å²) in [6.45, 7) is 2.25. The molecule has 2 heterocycles. The number of rotatable bonds is 3. The number of aromatic amines is 1. The summed E-state index contributed by atoms with van der Waals surface area (Å²) in [5.74, 6) is -0.0843. The largest absolute Gasteiger partial charge is 0.481 e. The first-order valence-electron chi connectivity index (χ1n) is 4.85. The molecule has 5 nitrogen and oxygen atoms in total. The zero-order valence-corrected chi connectivity index (χ0v) is 9.54. The van der Waals surface area contributed by atoms with Crippen molar-refractivity contribution >= 4 is 29.2 Å². The van der Waals surface area contributed by atoms with Crippen LogP contribution < -0.4 is 0 Å². The van der Waals surface area contributed by atoms with Gasteiger partial charge in [0.2, 0.25) is 0 Å². The average molecular weight is 237 g/mol. The number of carboxylic acid groups (broad SMARTS) is 1. The van der Waals surface area contributed by atoms with Crippen molar-refractivity contribution in [1.29, 1.82) is 0 Å². The van der Waals surface area contributed by atoms with Crippen LogP contribution in [0.5, 0.6) is 0 Å². The van der Waals surface area contributed by atoms with Gasteiger partial charge in [-0.05, 0) is 13.0 Å². The third-order valence-corrected chi connectivity index (χ3v) is 2.64. The summed E-state index contributed by atoms with van der Waals surface area (Å²) in [6.07, 6.45) is 1.91. The molecule has 16 heavy (non-hydrogen) atoms. The number of fused-ring (bicyclic) bond motifs is 1. The van der Waals surface area contributed by atoms with Crippen molar-refractivity contribution < 1.29 is 9.90 Å². The van der Waals surface area contributed by atoms with E-state index in [0.29, 0.717) is 11.2 Å². The Labute approximate surface area is 96.7 Å². The lowest BCUT2D eigenvalue weighted by Gasteiger charge is -2.03. The van der Waals surface area contributed by atoms with Crippen LogP contribution >= 0.6 is 12.2 Å². The number of hydrogen-bond donors (Lipinski definition) is 2. The van der Waals surface area contributed by atoms with Crippen LogP contribution in [-0.4, -0.2) is 25.6 Å². The minimum absolute atomic E-state index is 0.0890. The molecule has 0 fully saturated rings. The number of nitrogens with one attached hydrogen (secondary N) is 1. The predicted molar refractivity (Wildman–Crippen MR) is 61.9 cm³/mol. The molecular weight excluding hydrogens is 226 g/mol. The van der Waals surface area contributed by atoms with Crippen LogP contribution in [0.4, 0.5) is 0 Å². The quantitative estimate of drug-likeness (QED) is 0.799. The highest BCUT2D eigenvalue weighted by molar-refractivity contribution is 7.71. The standard InChI is InChI=1S/C10H11N3O2S/c1-6-11-9-7(10(16)12-6)2-4-13(9)5-3-8(14)15/h2,4H,3,5H2,1H3,(H,14,15)(H,11,12,16). The molecule has 0 spiro atoms. The Morgan fingerprint density at radius 3 is 3.12 bits per heavy atom. The molecule has 84 valence electrons. The fraction of sp³-hybridized carbons (Fsp3) is 0.300. The first kappa shape index (κ1) is 10.8. The SMILES string of the molecule is Cc1nc(=S)c2ccn(CCC(=O)O)c2[nH]1. The smallest absolute Gasteiger partial charge is 0.305 e. The Bertz CT molecular complexity index is 600. The van der Waals surface area contributed by atoms with E-state index in [2.05, 4.69) is 9.97 Å². The van der Waals surface area contributed by atoms with Gasteiger partial charge in [-0.2, -0.15) is 0 Å². The minimum atomic E-state index is -0.814. The molecule has 0 amide bonds. The van der Waals surface area contributed by atoms with Gasteiger partial charge < -0.3 is 14.7 Å². The van der Waals surface area contributed by atoms with Gasteiger partial charge in [-0.1, -0.05) is 12.2 Å². The zero-order valence-electron chi connectivity index (χ0n) is 8.73. The van der Waals surface area contributed by atoms with Crippen LogP contribution in [0.25, 0.3) is 11.0 Å². The third-order valence-electron chi connectivity index (χ3n) is 2.33. The van der Waals surface area contributed by atoms with Crippen LogP contribution in [0.1, 0.15) is 12.2 Å². The first-order chi connectivity index (χ1) is 7.58. The highest BCUT2D eigenvalue weighted by Gasteiger charge is 2.05. The lowest BCUT2D eigenvalue weighted by atomic mass is 10.4. The van der Waals surface area contributed by atoms with E-state index in [-0.39, 0.29) is 6.42 Å². The third kappa shape index (κ3) is 1.96. The van der Waals surface area contributed by atoms with E-state index in [4.69, 9.17) is 17.3 Å². The summed E-state index contributed by atoms with van der Waals surface area (Å²) < 4.78 is 2.38. The lowest BCUT2D eigenvalue weighted by molar-refractivity contribution is -0.137. The summed E-state index contributed by atoms with van der Waals surface area (Å²) in [5.41, 5.74) is 0.832. The molecule has 0 unspecified atom stereocenters. The topological polar surface area (TPSA) is 70.9 Å². The molecule has 2 N–H and O–H groups in total. The van der Waals surface area contributed by atoms with Gasteiger partial charge in [0, 0.05) is 12.7 Å². The van der Waals surface area contributed by atoms with Crippen LogP contribution in [0.3, 0.4) is 0 Å². The van der Waals surface area contributed by atoms with Gasteiger partial charge in [0.05, 0.1) is 11.8 Å². The van der Waals surface area contributed by atoms with Gasteiger partial charge >= 0.3 is 5.97 Å². The molecule has 0 aromatic carbocycles. The van der Waals surface area contributed by atoms with Crippen molar-refractivity contribution in [3.8, 4) is 0 Å². The number of aliphatic carboxylic acids is 1. The predicted octanol–water partition coefficient (Wildman–Crippen LogP) is 1.88. The fourth-order valence-electron chi connectivity index (χ4n) is 1.60. The maximum Gasteiger partial charge on any atom is 0.305 e. The van der Waals surface area contributed by atoms with Crippen molar-refractivity contribution in [2.24, 2.45) is 0 Å². The van der Waals surface area contributed by atoms with E-state index in [0.717, 1.165) is 16.9 Å². The van der Waals surface area contributed by atoms with Gasteiger partial charge in [-0.25, -0.2) is 4.98 Å². The summed E-state index contributed by atoms with van der Waals surface area (Å²) in [7, 11) is 0. The molecule has 0 bridgehead atoms. The van der Waals surface area contributed by atoms with E-state index in [1.807, 2.05) is 23.8 Å². The second kappa shape index (κ2) is 4.05. The number of aromatic nitrogens is 3.